The van der Waals surface area contributed by atoms with Gasteiger partial charge in [0.15, 0.2) is 0 Å². The molecule has 1 rings (SSSR count). The largest absolute Gasteiger partial charge is 0.389 e. The van der Waals surface area contributed by atoms with Crippen molar-refractivity contribution in [3.8, 4) is 0 Å². The number of anilines is 1. The third-order valence-corrected chi connectivity index (χ3v) is 3.37. The Balaban J connectivity index is 2.78. The maximum absolute atomic E-state index is 11.7. The van der Waals surface area contributed by atoms with Gasteiger partial charge in [-0.15, -0.1) is 0 Å². The normalized spacial score (nSPS) is 10.4. The van der Waals surface area contributed by atoms with Crippen molar-refractivity contribution in [3.05, 3.63) is 28.2 Å². The number of rotatable bonds is 5. The Morgan fingerprint density at radius 2 is 2.16 bits per heavy atom. The van der Waals surface area contributed by atoms with Crippen LogP contribution in [-0.2, 0) is 4.79 Å². The van der Waals surface area contributed by atoms with Gasteiger partial charge in [0.25, 0.3) is 0 Å². The maximum Gasteiger partial charge on any atom is 0.239 e. The molecule has 4 nitrogen and oxygen atoms in total. The minimum Gasteiger partial charge on any atom is -0.389 e. The van der Waals surface area contributed by atoms with E-state index >= 15 is 0 Å². The van der Waals surface area contributed by atoms with Gasteiger partial charge < -0.3 is 16.0 Å². The van der Waals surface area contributed by atoms with E-state index in [0.29, 0.717) is 11.5 Å². The fourth-order valence-electron chi connectivity index (χ4n) is 1.62. The lowest BCUT2D eigenvalue weighted by molar-refractivity contribution is -0.120. The molecule has 3 N–H and O–H groups in total. The zero-order chi connectivity index (χ0) is 14.6. The van der Waals surface area contributed by atoms with Gasteiger partial charge in [0.2, 0.25) is 5.91 Å². The first-order valence-electron chi connectivity index (χ1n) is 5.91. The van der Waals surface area contributed by atoms with Gasteiger partial charge in [-0.25, -0.2) is 0 Å². The van der Waals surface area contributed by atoms with E-state index in [0.717, 1.165) is 15.7 Å². The number of likely N-dealkylation sites (N-methyl/N-ethyl adjacent to an activating group) is 1. The van der Waals surface area contributed by atoms with Crippen molar-refractivity contribution in [2.45, 2.75) is 19.9 Å². The highest BCUT2D eigenvalue weighted by Crippen LogP contribution is 2.23. The monoisotopic (exact) mass is 343 g/mol. The second-order valence-electron chi connectivity index (χ2n) is 4.61. The Labute approximate surface area is 127 Å². The Morgan fingerprint density at radius 3 is 2.63 bits per heavy atom. The molecule has 104 valence electrons. The molecule has 1 aromatic rings. The van der Waals surface area contributed by atoms with Crippen molar-refractivity contribution in [2.24, 2.45) is 5.73 Å². The molecule has 0 fully saturated rings. The Hall–Kier alpha value is -1.14. The molecule has 0 radical (unpaired) electrons. The van der Waals surface area contributed by atoms with E-state index in [9.17, 15) is 4.79 Å². The van der Waals surface area contributed by atoms with Crippen LogP contribution in [-0.4, -0.2) is 30.5 Å². The Kier molecular flexibility index (Phi) is 5.75. The van der Waals surface area contributed by atoms with E-state index in [-0.39, 0.29) is 11.9 Å². The van der Waals surface area contributed by atoms with Crippen LogP contribution in [0.5, 0.6) is 0 Å². The summed E-state index contributed by atoms with van der Waals surface area (Å²) >= 11 is 8.37. The van der Waals surface area contributed by atoms with Crippen LogP contribution >= 0.6 is 28.1 Å². The molecule has 1 amide bonds. The minimum atomic E-state index is -0.00737. The van der Waals surface area contributed by atoms with Crippen LogP contribution < -0.4 is 16.0 Å². The van der Waals surface area contributed by atoms with E-state index in [4.69, 9.17) is 18.0 Å². The first kappa shape index (κ1) is 15.9. The summed E-state index contributed by atoms with van der Waals surface area (Å²) in [6.07, 6.45) is 0. The Bertz CT molecular complexity index is 491. The van der Waals surface area contributed by atoms with Gasteiger partial charge in [-0.3, -0.25) is 4.79 Å². The average molecular weight is 344 g/mol. The molecule has 0 spiro atoms. The van der Waals surface area contributed by atoms with Gasteiger partial charge in [-0.2, -0.15) is 0 Å². The van der Waals surface area contributed by atoms with E-state index in [1.807, 2.05) is 44.0 Å². The van der Waals surface area contributed by atoms with E-state index in [2.05, 4.69) is 21.2 Å². The molecule has 0 saturated heterocycles. The summed E-state index contributed by atoms with van der Waals surface area (Å²) in [5.74, 6) is -0.00737. The van der Waals surface area contributed by atoms with Crippen molar-refractivity contribution >= 4 is 44.7 Å². The smallest absolute Gasteiger partial charge is 0.239 e. The molecule has 1 aromatic carbocycles. The topological polar surface area (TPSA) is 58.4 Å². The molecular weight excluding hydrogens is 326 g/mol. The van der Waals surface area contributed by atoms with Gasteiger partial charge >= 0.3 is 0 Å². The Morgan fingerprint density at radius 1 is 1.53 bits per heavy atom. The quantitative estimate of drug-likeness (QED) is 0.803. The van der Waals surface area contributed by atoms with Gasteiger partial charge in [-0.1, -0.05) is 12.2 Å². The number of carbonyl (C=O) groups excluding carboxylic acids is 1. The lowest BCUT2D eigenvalue weighted by atomic mass is 10.2. The number of nitrogens with two attached hydrogens (primary N) is 1. The second kappa shape index (κ2) is 6.86. The summed E-state index contributed by atoms with van der Waals surface area (Å²) in [6, 6.07) is 5.78. The van der Waals surface area contributed by atoms with Crippen molar-refractivity contribution in [1.82, 2.24) is 5.32 Å². The molecular formula is C13H18BrN3OS. The SMILES string of the molecule is CC(C)NC(=O)CN(C)c1ccc(C(N)=S)c(Br)c1. The molecule has 0 saturated carbocycles. The van der Waals surface area contributed by atoms with Crippen LogP contribution in [0.1, 0.15) is 19.4 Å². The summed E-state index contributed by atoms with van der Waals surface area (Å²) < 4.78 is 0.827. The second-order valence-corrected chi connectivity index (χ2v) is 5.90. The third kappa shape index (κ3) is 4.80. The summed E-state index contributed by atoms with van der Waals surface area (Å²) in [5, 5.41) is 2.85. The summed E-state index contributed by atoms with van der Waals surface area (Å²) in [7, 11) is 1.86. The number of nitrogens with zero attached hydrogens (tertiary/aromatic N) is 1. The van der Waals surface area contributed by atoms with Gasteiger partial charge in [0.1, 0.15) is 4.99 Å². The molecule has 0 atom stereocenters. The molecule has 0 aromatic heterocycles. The number of halogens is 1. The van der Waals surface area contributed by atoms with Crippen LogP contribution in [0.4, 0.5) is 5.69 Å². The first-order valence-corrected chi connectivity index (χ1v) is 7.11. The molecule has 0 heterocycles. The molecule has 19 heavy (non-hydrogen) atoms. The number of amides is 1. The lowest BCUT2D eigenvalue weighted by Crippen LogP contribution is -2.38. The van der Waals surface area contributed by atoms with Crippen LogP contribution in [0.2, 0.25) is 0 Å². The number of carbonyl (C=O) groups is 1. The average Bonchev–Trinajstić information content (AvgIpc) is 2.26. The number of hydrogen-bond donors (Lipinski definition) is 2. The van der Waals surface area contributed by atoms with Gasteiger partial charge in [0.05, 0.1) is 6.54 Å². The van der Waals surface area contributed by atoms with Gasteiger partial charge in [0, 0.05) is 28.8 Å². The van der Waals surface area contributed by atoms with Crippen molar-refractivity contribution < 1.29 is 4.79 Å². The molecule has 0 unspecified atom stereocenters. The van der Waals surface area contributed by atoms with Crippen LogP contribution in [0.25, 0.3) is 0 Å². The molecule has 0 bridgehead atoms. The summed E-state index contributed by atoms with van der Waals surface area (Å²) in [4.78, 5) is 13.9. The fourth-order valence-corrected chi connectivity index (χ4v) is 2.51. The fraction of sp³-hybridized carbons (Fsp3) is 0.385. The highest BCUT2D eigenvalue weighted by molar-refractivity contribution is 9.10. The van der Waals surface area contributed by atoms with E-state index < -0.39 is 0 Å². The summed E-state index contributed by atoms with van der Waals surface area (Å²) in [5.41, 5.74) is 7.31. The molecule has 0 aliphatic heterocycles. The predicted molar refractivity (Wildman–Crippen MR) is 86.6 cm³/mol. The van der Waals surface area contributed by atoms with E-state index in [1.54, 1.807) is 0 Å². The zero-order valence-electron chi connectivity index (χ0n) is 11.2. The number of hydrogen-bond acceptors (Lipinski definition) is 3. The molecule has 0 aliphatic carbocycles. The lowest BCUT2D eigenvalue weighted by Gasteiger charge is -2.20. The molecule has 0 aliphatic rings. The number of nitrogens with one attached hydrogen (secondary N) is 1. The molecule has 6 heteroatoms. The van der Waals surface area contributed by atoms with Gasteiger partial charge in [-0.05, 0) is 48.0 Å². The minimum absolute atomic E-state index is 0.00737. The number of benzene rings is 1. The standard InChI is InChI=1S/C13H18BrN3OS/c1-8(2)16-12(18)7-17(3)9-4-5-10(13(15)19)11(14)6-9/h4-6,8H,7H2,1-3H3,(H2,15,19)(H,16,18). The predicted octanol–water partition coefficient (Wildman–Crippen LogP) is 2.04. The van der Waals surface area contributed by atoms with Crippen LogP contribution in [0.3, 0.4) is 0 Å². The number of thiocarbonyl (C=S) groups is 1. The van der Waals surface area contributed by atoms with Crippen LogP contribution in [0.15, 0.2) is 22.7 Å². The zero-order valence-corrected chi connectivity index (χ0v) is 13.6. The maximum atomic E-state index is 11.7. The van der Waals surface area contributed by atoms with Crippen molar-refractivity contribution in [1.29, 1.82) is 0 Å². The van der Waals surface area contributed by atoms with Crippen LogP contribution in [0, 0.1) is 0 Å². The third-order valence-electron chi connectivity index (χ3n) is 2.49. The van der Waals surface area contributed by atoms with E-state index in [1.165, 1.54) is 0 Å². The summed E-state index contributed by atoms with van der Waals surface area (Å²) in [6.45, 7) is 4.17. The van der Waals surface area contributed by atoms with Crippen molar-refractivity contribution in [3.63, 3.8) is 0 Å². The first-order chi connectivity index (χ1) is 8.81. The highest BCUT2D eigenvalue weighted by Gasteiger charge is 2.10. The van der Waals surface area contributed by atoms with Crippen molar-refractivity contribution in [2.75, 3.05) is 18.5 Å². The highest BCUT2D eigenvalue weighted by atomic mass is 79.9.